The van der Waals surface area contributed by atoms with Gasteiger partial charge in [0.2, 0.25) is 5.91 Å². The lowest BCUT2D eigenvalue weighted by atomic mass is 10.0. The highest BCUT2D eigenvalue weighted by atomic mass is 16.3. The van der Waals surface area contributed by atoms with E-state index >= 15 is 0 Å². The van der Waals surface area contributed by atoms with Crippen LogP contribution in [0.25, 0.3) is 0 Å². The van der Waals surface area contributed by atoms with Gasteiger partial charge in [0.25, 0.3) is 0 Å². The van der Waals surface area contributed by atoms with Crippen molar-refractivity contribution in [3.63, 3.8) is 0 Å². The topological polar surface area (TPSA) is 57.5 Å². The van der Waals surface area contributed by atoms with Crippen molar-refractivity contribution in [2.75, 3.05) is 32.7 Å². The van der Waals surface area contributed by atoms with Gasteiger partial charge in [0, 0.05) is 25.2 Å². The summed E-state index contributed by atoms with van der Waals surface area (Å²) in [7, 11) is 0. The fourth-order valence-electron chi connectivity index (χ4n) is 2.94. The quantitative estimate of drug-likeness (QED) is 0.806. The van der Waals surface area contributed by atoms with Crippen molar-refractivity contribution in [2.24, 2.45) is 0 Å². The minimum atomic E-state index is 0.0438. The number of carbonyl (C=O) groups is 1. The second-order valence-electron chi connectivity index (χ2n) is 5.82. The maximum atomic E-state index is 12.2. The lowest BCUT2D eigenvalue weighted by Crippen LogP contribution is -2.40. The third kappa shape index (κ3) is 3.19. The summed E-state index contributed by atoms with van der Waals surface area (Å²) in [5.74, 6) is 0.982. The van der Waals surface area contributed by atoms with Crippen molar-refractivity contribution in [3.05, 3.63) is 35.3 Å². The molecule has 0 bridgehead atoms. The molecule has 0 saturated carbocycles. The minimum Gasteiger partial charge on any atom is -0.468 e. The largest absolute Gasteiger partial charge is 0.468 e. The van der Waals surface area contributed by atoms with Gasteiger partial charge in [0.05, 0.1) is 12.3 Å². The van der Waals surface area contributed by atoms with Gasteiger partial charge >= 0.3 is 0 Å². The van der Waals surface area contributed by atoms with Crippen molar-refractivity contribution in [2.45, 2.75) is 25.8 Å². The van der Waals surface area contributed by atoms with Crippen LogP contribution in [0.3, 0.4) is 0 Å². The number of amides is 1. The number of likely N-dealkylation sites (tertiary alicyclic amines) is 1. The number of rotatable bonds is 5. The van der Waals surface area contributed by atoms with Crippen LogP contribution in [0.2, 0.25) is 0 Å². The molecular weight excluding hydrogens is 266 g/mol. The molecule has 5 heteroatoms. The molecule has 0 radical (unpaired) electrons. The molecule has 0 aromatic carbocycles. The lowest BCUT2D eigenvalue weighted by molar-refractivity contribution is -0.117. The average molecular weight is 289 g/mol. The first-order valence-corrected chi connectivity index (χ1v) is 7.70. The Labute approximate surface area is 125 Å². The summed E-state index contributed by atoms with van der Waals surface area (Å²) in [5, 5.41) is 6.24. The van der Waals surface area contributed by atoms with Gasteiger partial charge in [0.1, 0.15) is 5.76 Å². The molecule has 3 rings (SSSR count). The summed E-state index contributed by atoms with van der Waals surface area (Å²) in [5.41, 5.74) is 2.07. The molecule has 2 aliphatic heterocycles. The molecule has 3 heterocycles. The number of hydrogen-bond donors (Lipinski definition) is 2. The van der Waals surface area contributed by atoms with Crippen molar-refractivity contribution >= 4 is 5.91 Å². The number of nitrogens with zero attached hydrogens (tertiary/aromatic N) is 1. The van der Waals surface area contributed by atoms with Crippen molar-refractivity contribution < 1.29 is 9.21 Å². The molecule has 2 N–H and O–H groups in total. The summed E-state index contributed by atoms with van der Waals surface area (Å²) < 4.78 is 5.57. The van der Waals surface area contributed by atoms with Crippen LogP contribution in [-0.2, 0) is 4.79 Å². The van der Waals surface area contributed by atoms with E-state index in [1.54, 1.807) is 6.26 Å². The highest BCUT2D eigenvalue weighted by Crippen LogP contribution is 2.25. The Kier molecular flexibility index (Phi) is 4.41. The number of carbonyl (C=O) groups excluding carboxylic acids is 1. The van der Waals surface area contributed by atoms with E-state index < -0.39 is 0 Å². The van der Waals surface area contributed by atoms with E-state index in [-0.39, 0.29) is 11.9 Å². The van der Waals surface area contributed by atoms with Crippen LogP contribution < -0.4 is 10.6 Å². The van der Waals surface area contributed by atoms with Crippen LogP contribution in [0, 0.1) is 0 Å². The third-order valence-electron chi connectivity index (χ3n) is 4.46. The van der Waals surface area contributed by atoms with E-state index in [9.17, 15) is 4.79 Å². The summed E-state index contributed by atoms with van der Waals surface area (Å²) in [6.45, 7) is 6.34. The first-order chi connectivity index (χ1) is 10.3. The van der Waals surface area contributed by atoms with Crippen LogP contribution in [0.4, 0.5) is 0 Å². The number of furan rings is 1. The maximum absolute atomic E-state index is 12.2. The standard InChI is InChI=1S/C16H23N3O2/c1-12(13-9-17-10-13)16(20)18-11-14(15-5-4-8-21-15)19-6-2-3-7-19/h4-5,8,14,17H,2-3,6-7,9-11H2,1H3,(H,18,20). The van der Waals surface area contributed by atoms with Gasteiger partial charge in [-0.2, -0.15) is 0 Å². The zero-order valence-electron chi connectivity index (χ0n) is 12.5. The highest BCUT2D eigenvalue weighted by molar-refractivity contribution is 5.94. The first kappa shape index (κ1) is 14.4. The molecule has 1 amide bonds. The third-order valence-corrected chi connectivity index (χ3v) is 4.46. The van der Waals surface area contributed by atoms with Gasteiger partial charge in [-0.25, -0.2) is 0 Å². The number of hydrogen-bond acceptors (Lipinski definition) is 4. The summed E-state index contributed by atoms with van der Waals surface area (Å²) in [6.07, 6.45) is 4.15. The molecule has 1 aromatic rings. The fourth-order valence-corrected chi connectivity index (χ4v) is 2.94. The van der Waals surface area contributed by atoms with E-state index in [0.29, 0.717) is 6.54 Å². The molecule has 1 atom stereocenters. The van der Waals surface area contributed by atoms with Gasteiger partial charge < -0.3 is 15.1 Å². The molecular formula is C16H23N3O2. The van der Waals surface area contributed by atoms with E-state index in [2.05, 4.69) is 15.5 Å². The Morgan fingerprint density at radius 1 is 1.43 bits per heavy atom. The SMILES string of the molecule is CC(C(=O)NCC(c1ccco1)N1CCCC1)=C1CNC1. The van der Waals surface area contributed by atoms with Gasteiger partial charge in [-0.15, -0.1) is 0 Å². The van der Waals surface area contributed by atoms with Gasteiger partial charge in [-0.3, -0.25) is 9.69 Å². The molecule has 0 spiro atoms. The van der Waals surface area contributed by atoms with Gasteiger partial charge in [0.15, 0.2) is 0 Å². The van der Waals surface area contributed by atoms with Gasteiger partial charge in [-0.1, -0.05) is 0 Å². The smallest absolute Gasteiger partial charge is 0.247 e. The highest BCUT2D eigenvalue weighted by Gasteiger charge is 2.26. The van der Waals surface area contributed by atoms with Crippen molar-refractivity contribution in [1.82, 2.24) is 15.5 Å². The molecule has 2 aliphatic rings. The molecule has 21 heavy (non-hydrogen) atoms. The Hall–Kier alpha value is -1.59. The normalized spacial score (nSPS) is 20.1. The molecule has 114 valence electrons. The Morgan fingerprint density at radius 2 is 2.19 bits per heavy atom. The summed E-state index contributed by atoms with van der Waals surface area (Å²) in [4.78, 5) is 14.6. The van der Waals surface area contributed by atoms with E-state index in [0.717, 1.165) is 37.5 Å². The molecule has 2 fully saturated rings. The second-order valence-corrected chi connectivity index (χ2v) is 5.82. The molecule has 2 saturated heterocycles. The fraction of sp³-hybridized carbons (Fsp3) is 0.562. The minimum absolute atomic E-state index is 0.0438. The Balaban J connectivity index is 1.63. The Bertz CT molecular complexity index is 510. The average Bonchev–Trinajstić information content (AvgIpc) is 3.09. The Morgan fingerprint density at radius 3 is 2.76 bits per heavy atom. The summed E-state index contributed by atoms with van der Waals surface area (Å²) >= 11 is 0. The predicted octanol–water partition coefficient (Wildman–Crippen LogP) is 1.45. The summed E-state index contributed by atoms with van der Waals surface area (Å²) in [6, 6.07) is 4.05. The van der Waals surface area contributed by atoms with Crippen LogP contribution >= 0.6 is 0 Å². The molecule has 1 unspecified atom stereocenters. The number of nitrogens with one attached hydrogen (secondary N) is 2. The van der Waals surface area contributed by atoms with Crippen LogP contribution in [0.15, 0.2) is 34.0 Å². The first-order valence-electron chi connectivity index (χ1n) is 7.70. The van der Waals surface area contributed by atoms with E-state index in [1.807, 2.05) is 19.1 Å². The van der Waals surface area contributed by atoms with E-state index in [4.69, 9.17) is 4.42 Å². The zero-order valence-corrected chi connectivity index (χ0v) is 12.5. The molecule has 0 aliphatic carbocycles. The predicted molar refractivity (Wildman–Crippen MR) is 80.8 cm³/mol. The zero-order chi connectivity index (χ0) is 14.7. The lowest BCUT2D eigenvalue weighted by Gasteiger charge is -2.27. The monoisotopic (exact) mass is 289 g/mol. The van der Waals surface area contributed by atoms with E-state index in [1.165, 1.54) is 18.4 Å². The maximum Gasteiger partial charge on any atom is 0.247 e. The van der Waals surface area contributed by atoms with Crippen molar-refractivity contribution in [1.29, 1.82) is 0 Å². The van der Waals surface area contributed by atoms with Crippen LogP contribution in [0.5, 0.6) is 0 Å². The van der Waals surface area contributed by atoms with Crippen molar-refractivity contribution in [3.8, 4) is 0 Å². The molecule has 1 aromatic heterocycles. The van der Waals surface area contributed by atoms with Crippen LogP contribution in [0.1, 0.15) is 31.6 Å². The van der Waals surface area contributed by atoms with Crippen LogP contribution in [-0.4, -0.2) is 43.5 Å². The second kappa shape index (κ2) is 6.45. The van der Waals surface area contributed by atoms with Gasteiger partial charge in [-0.05, 0) is 50.6 Å². The molecule has 5 nitrogen and oxygen atoms in total.